The standard InChI is InChI=1S/C18H20F2O/c1-3-11-5-6-13-12(11)7-8-14(13)15-9-10-16(21-4-2)18(20)17(15)19/h3,8-13H,1,4-7H2,2H3. The molecule has 1 fully saturated rings. The average molecular weight is 290 g/mol. The maximum absolute atomic E-state index is 14.4. The molecule has 0 spiro atoms. The Labute approximate surface area is 124 Å². The summed E-state index contributed by atoms with van der Waals surface area (Å²) in [7, 11) is 0. The number of hydrogen-bond acceptors (Lipinski definition) is 1. The van der Waals surface area contributed by atoms with Crippen molar-refractivity contribution in [2.75, 3.05) is 6.61 Å². The first-order valence-corrected chi connectivity index (χ1v) is 7.61. The van der Waals surface area contributed by atoms with Gasteiger partial charge < -0.3 is 4.74 Å². The summed E-state index contributed by atoms with van der Waals surface area (Å²) >= 11 is 0. The van der Waals surface area contributed by atoms with Crippen molar-refractivity contribution in [3.8, 4) is 5.75 Å². The number of allylic oxidation sites excluding steroid dienone is 3. The third-order valence-electron chi connectivity index (χ3n) is 4.85. The second-order valence-electron chi connectivity index (χ2n) is 5.81. The van der Waals surface area contributed by atoms with Gasteiger partial charge in [-0.3, -0.25) is 0 Å². The molecule has 0 aromatic heterocycles. The molecule has 112 valence electrons. The lowest BCUT2D eigenvalue weighted by atomic mass is 9.87. The SMILES string of the molecule is C=CC1CCC2C(c3ccc(OCC)c(F)c3F)=CCC12. The summed E-state index contributed by atoms with van der Waals surface area (Å²) < 4.78 is 33.5. The van der Waals surface area contributed by atoms with E-state index in [0.29, 0.717) is 29.9 Å². The first-order chi connectivity index (χ1) is 10.2. The van der Waals surface area contributed by atoms with E-state index in [-0.39, 0.29) is 5.75 Å². The molecule has 3 unspecified atom stereocenters. The third-order valence-corrected chi connectivity index (χ3v) is 4.85. The molecule has 0 bridgehead atoms. The van der Waals surface area contributed by atoms with Crippen LogP contribution < -0.4 is 4.74 Å². The molecule has 0 amide bonds. The van der Waals surface area contributed by atoms with Crippen LogP contribution in [0.25, 0.3) is 5.57 Å². The second kappa shape index (κ2) is 5.63. The third kappa shape index (κ3) is 2.29. The van der Waals surface area contributed by atoms with Crippen LogP contribution in [0.5, 0.6) is 5.75 Å². The smallest absolute Gasteiger partial charge is 0.201 e. The largest absolute Gasteiger partial charge is 0.491 e. The molecule has 0 aliphatic heterocycles. The first-order valence-electron chi connectivity index (χ1n) is 7.61. The molecule has 1 aromatic rings. The summed E-state index contributed by atoms with van der Waals surface area (Å²) in [4.78, 5) is 0. The highest BCUT2D eigenvalue weighted by Gasteiger charge is 2.40. The minimum Gasteiger partial charge on any atom is -0.491 e. The number of fused-ring (bicyclic) bond motifs is 1. The molecular weight excluding hydrogens is 270 g/mol. The minimum absolute atomic E-state index is 0.00992. The van der Waals surface area contributed by atoms with Crippen molar-refractivity contribution in [1.82, 2.24) is 0 Å². The number of ether oxygens (including phenoxy) is 1. The summed E-state index contributed by atoms with van der Waals surface area (Å²) in [6.07, 6.45) is 7.14. The molecule has 3 atom stereocenters. The van der Waals surface area contributed by atoms with Crippen LogP contribution in [-0.4, -0.2) is 6.61 Å². The molecule has 2 aliphatic carbocycles. The van der Waals surface area contributed by atoms with E-state index in [9.17, 15) is 8.78 Å². The zero-order chi connectivity index (χ0) is 15.0. The van der Waals surface area contributed by atoms with E-state index in [1.165, 1.54) is 6.07 Å². The van der Waals surface area contributed by atoms with E-state index < -0.39 is 11.6 Å². The van der Waals surface area contributed by atoms with Gasteiger partial charge in [-0.25, -0.2) is 4.39 Å². The summed E-state index contributed by atoms with van der Waals surface area (Å²) in [5.41, 5.74) is 1.36. The van der Waals surface area contributed by atoms with Crippen molar-refractivity contribution in [3.63, 3.8) is 0 Å². The predicted molar refractivity (Wildman–Crippen MR) is 80.0 cm³/mol. The van der Waals surface area contributed by atoms with Gasteiger partial charge in [0, 0.05) is 5.56 Å². The number of benzene rings is 1. The van der Waals surface area contributed by atoms with Gasteiger partial charge in [0.1, 0.15) is 0 Å². The summed E-state index contributed by atoms with van der Waals surface area (Å²) in [5.74, 6) is -0.332. The molecule has 3 heteroatoms. The maximum Gasteiger partial charge on any atom is 0.201 e. The molecule has 2 aliphatic rings. The first kappa shape index (κ1) is 14.3. The van der Waals surface area contributed by atoms with E-state index in [4.69, 9.17) is 4.74 Å². The van der Waals surface area contributed by atoms with Crippen molar-refractivity contribution in [1.29, 1.82) is 0 Å². The van der Waals surface area contributed by atoms with Crippen LogP contribution in [0.4, 0.5) is 8.78 Å². The van der Waals surface area contributed by atoms with Crippen molar-refractivity contribution >= 4 is 5.57 Å². The molecule has 1 aromatic carbocycles. The van der Waals surface area contributed by atoms with Gasteiger partial charge in [-0.1, -0.05) is 12.2 Å². The Balaban J connectivity index is 1.92. The fourth-order valence-electron chi connectivity index (χ4n) is 3.86. The van der Waals surface area contributed by atoms with Gasteiger partial charge in [-0.15, -0.1) is 6.58 Å². The monoisotopic (exact) mass is 290 g/mol. The predicted octanol–water partition coefficient (Wildman–Crippen LogP) is 4.98. The zero-order valence-electron chi connectivity index (χ0n) is 12.2. The van der Waals surface area contributed by atoms with Crippen LogP contribution >= 0.6 is 0 Å². The van der Waals surface area contributed by atoms with E-state index in [1.807, 2.05) is 6.08 Å². The molecule has 0 saturated heterocycles. The lowest BCUT2D eigenvalue weighted by Gasteiger charge is -2.18. The van der Waals surface area contributed by atoms with E-state index >= 15 is 0 Å². The lowest BCUT2D eigenvalue weighted by Crippen LogP contribution is -2.10. The topological polar surface area (TPSA) is 9.23 Å². The highest BCUT2D eigenvalue weighted by molar-refractivity contribution is 5.71. The molecule has 21 heavy (non-hydrogen) atoms. The Morgan fingerprint density at radius 2 is 2.10 bits per heavy atom. The van der Waals surface area contributed by atoms with Crippen molar-refractivity contribution < 1.29 is 13.5 Å². The summed E-state index contributed by atoms with van der Waals surface area (Å²) in [6, 6.07) is 3.18. The van der Waals surface area contributed by atoms with Gasteiger partial charge in [0.25, 0.3) is 0 Å². The van der Waals surface area contributed by atoms with Crippen molar-refractivity contribution in [3.05, 3.63) is 48.1 Å². The van der Waals surface area contributed by atoms with Crippen LogP contribution in [0, 0.1) is 29.4 Å². The van der Waals surface area contributed by atoms with Crippen LogP contribution in [0.2, 0.25) is 0 Å². The van der Waals surface area contributed by atoms with Gasteiger partial charge in [0.2, 0.25) is 5.82 Å². The lowest BCUT2D eigenvalue weighted by molar-refractivity contribution is 0.313. The molecule has 0 N–H and O–H groups in total. The minimum atomic E-state index is -0.878. The van der Waals surface area contributed by atoms with Gasteiger partial charge >= 0.3 is 0 Å². The molecule has 3 rings (SSSR count). The Bertz CT molecular complexity index is 591. The molecule has 1 saturated carbocycles. The maximum atomic E-state index is 14.4. The summed E-state index contributed by atoms with van der Waals surface area (Å²) in [5, 5.41) is 0. The fourth-order valence-corrected chi connectivity index (χ4v) is 3.86. The van der Waals surface area contributed by atoms with Gasteiger partial charge in [-0.2, -0.15) is 4.39 Å². The second-order valence-corrected chi connectivity index (χ2v) is 5.81. The average Bonchev–Trinajstić information content (AvgIpc) is 3.06. The number of halogens is 2. The highest BCUT2D eigenvalue weighted by Crippen LogP contribution is 2.51. The zero-order valence-corrected chi connectivity index (χ0v) is 12.2. The normalized spacial score (nSPS) is 27.4. The highest BCUT2D eigenvalue weighted by atomic mass is 19.2. The number of hydrogen-bond donors (Lipinski definition) is 0. The molecule has 0 radical (unpaired) electrons. The quantitative estimate of drug-likeness (QED) is 0.711. The Morgan fingerprint density at radius 1 is 1.29 bits per heavy atom. The van der Waals surface area contributed by atoms with Crippen LogP contribution in [0.15, 0.2) is 30.9 Å². The van der Waals surface area contributed by atoms with Crippen LogP contribution in [-0.2, 0) is 0 Å². The Hall–Kier alpha value is -1.64. The number of rotatable bonds is 4. The molecule has 0 heterocycles. The fraction of sp³-hybridized carbons (Fsp3) is 0.444. The summed E-state index contributed by atoms with van der Waals surface area (Å²) in [6.45, 7) is 5.97. The van der Waals surface area contributed by atoms with Gasteiger partial charge in [0.05, 0.1) is 6.61 Å². The van der Waals surface area contributed by atoms with Crippen molar-refractivity contribution in [2.45, 2.75) is 26.2 Å². The molecule has 1 nitrogen and oxygen atoms in total. The van der Waals surface area contributed by atoms with E-state index in [0.717, 1.165) is 24.8 Å². The Kier molecular flexibility index (Phi) is 3.83. The van der Waals surface area contributed by atoms with E-state index in [2.05, 4.69) is 12.7 Å². The molecular formula is C18H20F2O. The van der Waals surface area contributed by atoms with Crippen molar-refractivity contribution in [2.24, 2.45) is 17.8 Å². The van der Waals surface area contributed by atoms with Crippen LogP contribution in [0.1, 0.15) is 31.7 Å². The Morgan fingerprint density at radius 3 is 2.81 bits per heavy atom. The van der Waals surface area contributed by atoms with Crippen LogP contribution in [0.3, 0.4) is 0 Å². The van der Waals surface area contributed by atoms with Gasteiger partial charge in [0.15, 0.2) is 11.6 Å². The van der Waals surface area contributed by atoms with E-state index in [1.54, 1.807) is 13.0 Å². The van der Waals surface area contributed by atoms with Gasteiger partial charge in [-0.05, 0) is 61.6 Å².